The lowest BCUT2D eigenvalue weighted by Gasteiger charge is -2.26. The molecule has 0 radical (unpaired) electrons. The Kier molecular flexibility index (Phi) is 4.54. The summed E-state index contributed by atoms with van der Waals surface area (Å²) in [4.78, 5) is 8.69. The lowest BCUT2D eigenvalue weighted by atomic mass is 10.1. The fourth-order valence-electron chi connectivity index (χ4n) is 2.18. The van der Waals surface area contributed by atoms with Gasteiger partial charge in [0.25, 0.3) is 0 Å². The molecule has 1 N–H and O–H groups in total. The van der Waals surface area contributed by atoms with Crippen LogP contribution in [-0.4, -0.2) is 36.1 Å². The van der Waals surface area contributed by atoms with Crippen molar-refractivity contribution in [2.75, 3.05) is 26.2 Å². The van der Waals surface area contributed by atoms with Crippen LogP contribution in [0.3, 0.4) is 0 Å². The van der Waals surface area contributed by atoms with Gasteiger partial charge in [0.2, 0.25) is 0 Å². The highest BCUT2D eigenvalue weighted by Gasteiger charge is 2.14. The van der Waals surface area contributed by atoms with Crippen molar-refractivity contribution in [3.8, 4) is 0 Å². The molecule has 1 aromatic heterocycles. The van der Waals surface area contributed by atoms with Crippen LogP contribution in [-0.2, 0) is 13.0 Å². The third kappa shape index (κ3) is 3.76. The van der Waals surface area contributed by atoms with Gasteiger partial charge in [-0.1, -0.05) is 13.8 Å². The summed E-state index contributed by atoms with van der Waals surface area (Å²) in [6.45, 7) is 12.3. The average Bonchev–Trinajstić information content (AvgIpc) is 2.59. The average molecular weight is 253 g/mol. The molecule has 4 heteroatoms. The summed E-state index contributed by atoms with van der Waals surface area (Å²) in [5.74, 6) is 0.723. The van der Waals surface area contributed by atoms with Crippen molar-refractivity contribution in [2.45, 2.75) is 33.7 Å². The lowest BCUT2D eigenvalue weighted by molar-refractivity contribution is 0.233. The largest absolute Gasteiger partial charge is 0.314 e. The summed E-state index contributed by atoms with van der Waals surface area (Å²) in [5, 5.41) is 4.68. The maximum Gasteiger partial charge on any atom is 0.107 e. The molecule has 0 bridgehead atoms. The number of nitrogens with zero attached hydrogens (tertiary/aromatic N) is 2. The van der Waals surface area contributed by atoms with Crippen LogP contribution >= 0.6 is 11.3 Å². The highest BCUT2D eigenvalue weighted by molar-refractivity contribution is 7.11. The van der Waals surface area contributed by atoms with Gasteiger partial charge >= 0.3 is 0 Å². The Labute approximate surface area is 108 Å². The molecule has 0 saturated carbocycles. The molecule has 0 atom stereocenters. The van der Waals surface area contributed by atoms with Gasteiger partial charge in [-0.2, -0.15) is 0 Å². The molecule has 1 aromatic rings. The van der Waals surface area contributed by atoms with Gasteiger partial charge in [-0.15, -0.1) is 11.3 Å². The van der Waals surface area contributed by atoms with Crippen LogP contribution in [0.2, 0.25) is 0 Å². The van der Waals surface area contributed by atoms with E-state index in [1.54, 1.807) is 0 Å². The monoisotopic (exact) mass is 253 g/mol. The summed E-state index contributed by atoms with van der Waals surface area (Å²) >= 11 is 1.91. The molecule has 96 valence electrons. The zero-order valence-electron chi connectivity index (χ0n) is 11.1. The molecule has 1 aliphatic rings. The first-order valence-electron chi connectivity index (χ1n) is 6.53. The van der Waals surface area contributed by atoms with Crippen LogP contribution < -0.4 is 5.32 Å². The van der Waals surface area contributed by atoms with Crippen LogP contribution in [0.1, 0.15) is 29.4 Å². The third-order valence-corrected chi connectivity index (χ3v) is 4.26. The van der Waals surface area contributed by atoms with E-state index in [1.165, 1.54) is 22.0 Å². The van der Waals surface area contributed by atoms with Crippen molar-refractivity contribution < 1.29 is 0 Å². The maximum atomic E-state index is 4.71. The van der Waals surface area contributed by atoms with Crippen LogP contribution in [0.4, 0.5) is 0 Å². The SMILES string of the molecule is Cc1nc(CN2CCNCC2)sc1CC(C)C. The summed E-state index contributed by atoms with van der Waals surface area (Å²) in [7, 11) is 0. The zero-order valence-corrected chi connectivity index (χ0v) is 11.9. The highest BCUT2D eigenvalue weighted by atomic mass is 32.1. The van der Waals surface area contributed by atoms with E-state index in [-0.39, 0.29) is 0 Å². The molecule has 0 aromatic carbocycles. The van der Waals surface area contributed by atoms with Crippen molar-refractivity contribution in [1.29, 1.82) is 0 Å². The first-order valence-corrected chi connectivity index (χ1v) is 7.35. The van der Waals surface area contributed by atoms with Gasteiger partial charge in [-0.25, -0.2) is 4.98 Å². The van der Waals surface area contributed by atoms with E-state index in [1.807, 2.05) is 11.3 Å². The number of thiazole rings is 1. The van der Waals surface area contributed by atoms with Gasteiger partial charge in [-0.3, -0.25) is 4.90 Å². The fraction of sp³-hybridized carbons (Fsp3) is 0.769. The second-order valence-corrected chi connectivity index (χ2v) is 6.41. The Balaban J connectivity index is 1.96. The third-order valence-electron chi connectivity index (χ3n) is 3.10. The molecule has 2 rings (SSSR count). The molecule has 0 aliphatic carbocycles. The first-order chi connectivity index (χ1) is 8.15. The van der Waals surface area contributed by atoms with E-state index in [2.05, 4.69) is 31.0 Å². The summed E-state index contributed by atoms with van der Waals surface area (Å²) < 4.78 is 0. The predicted octanol–water partition coefficient (Wildman–Crippen LogP) is 2.06. The Morgan fingerprint density at radius 3 is 2.71 bits per heavy atom. The lowest BCUT2D eigenvalue weighted by Crippen LogP contribution is -2.42. The number of hydrogen-bond donors (Lipinski definition) is 1. The predicted molar refractivity (Wildman–Crippen MR) is 73.5 cm³/mol. The van der Waals surface area contributed by atoms with Crippen molar-refractivity contribution in [1.82, 2.24) is 15.2 Å². The highest BCUT2D eigenvalue weighted by Crippen LogP contribution is 2.22. The normalized spacial score (nSPS) is 17.9. The van der Waals surface area contributed by atoms with Gasteiger partial charge in [0.15, 0.2) is 0 Å². The number of rotatable bonds is 4. The molecule has 0 amide bonds. The van der Waals surface area contributed by atoms with E-state index in [0.717, 1.165) is 38.6 Å². The summed E-state index contributed by atoms with van der Waals surface area (Å²) in [6, 6.07) is 0. The Morgan fingerprint density at radius 2 is 2.06 bits per heavy atom. The smallest absolute Gasteiger partial charge is 0.107 e. The second kappa shape index (κ2) is 5.94. The molecule has 1 saturated heterocycles. The summed E-state index contributed by atoms with van der Waals surface area (Å²) in [5.41, 5.74) is 1.24. The van der Waals surface area contributed by atoms with E-state index in [0.29, 0.717) is 0 Å². The number of aryl methyl sites for hydroxylation is 1. The minimum Gasteiger partial charge on any atom is -0.314 e. The van der Waals surface area contributed by atoms with Crippen molar-refractivity contribution in [2.24, 2.45) is 5.92 Å². The first kappa shape index (κ1) is 13.0. The number of nitrogens with one attached hydrogen (secondary N) is 1. The van der Waals surface area contributed by atoms with Gasteiger partial charge in [0.05, 0.1) is 12.2 Å². The Hall–Kier alpha value is -0.450. The molecule has 1 fully saturated rings. The molecular weight excluding hydrogens is 230 g/mol. The molecule has 1 aliphatic heterocycles. The zero-order chi connectivity index (χ0) is 12.3. The Bertz CT molecular complexity index is 354. The van der Waals surface area contributed by atoms with Crippen molar-refractivity contribution >= 4 is 11.3 Å². The van der Waals surface area contributed by atoms with Crippen molar-refractivity contribution in [3.63, 3.8) is 0 Å². The maximum absolute atomic E-state index is 4.71. The van der Waals surface area contributed by atoms with Gasteiger partial charge < -0.3 is 5.32 Å². The van der Waals surface area contributed by atoms with Gasteiger partial charge in [-0.05, 0) is 19.3 Å². The fourth-order valence-corrected chi connectivity index (χ4v) is 3.50. The molecular formula is C13H23N3S. The topological polar surface area (TPSA) is 28.2 Å². The Morgan fingerprint density at radius 1 is 1.35 bits per heavy atom. The number of hydrogen-bond acceptors (Lipinski definition) is 4. The van der Waals surface area contributed by atoms with Gasteiger partial charge in [0.1, 0.15) is 5.01 Å². The summed E-state index contributed by atoms with van der Waals surface area (Å²) in [6.07, 6.45) is 1.17. The van der Waals surface area contributed by atoms with Crippen LogP contribution in [0.5, 0.6) is 0 Å². The molecule has 0 unspecified atom stereocenters. The standard InChI is InChI=1S/C13H23N3S/c1-10(2)8-12-11(3)15-13(17-12)9-16-6-4-14-5-7-16/h10,14H,4-9H2,1-3H3. The van der Waals surface area contributed by atoms with Crippen molar-refractivity contribution in [3.05, 3.63) is 15.6 Å². The number of aromatic nitrogens is 1. The van der Waals surface area contributed by atoms with Crippen LogP contribution in [0.15, 0.2) is 0 Å². The minimum atomic E-state index is 0.723. The second-order valence-electron chi connectivity index (χ2n) is 5.24. The molecule has 0 spiro atoms. The van der Waals surface area contributed by atoms with E-state index >= 15 is 0 Å². The van der Waals surface area contributed by atoms with Gasteiger partial charge in [0, 0.05) is 31.1 Å². The molecule has 2 heterocycles. The minimum absolute atomic E-state index is 0.723. The van der Waals surface area contributed by atoms with Crippen LogP contribution in [0, 0.1) is 12.8 Å². The van der Waals surface area contributed by atoms with E-state index in [4.69, 9.17) is 4.98 Å². The molecule has 3 nitrogen and oxygen atoms in total. The van der Waals surface area contributed by atoms with E-state index in [9.17, 15) is 0 Å². The van der Waals surface area contributed by atoms with E-state index < -0.39 is 0 Å². The van der Waals surface area contributed by atoms with Crippen LogP contribution in [0.25, 0.3) is 0 Å². The number of piperazine rings is 1. The quantitative estimate of drug-likeness (QED) is 0.890. The molecule has 17 heavy (non-hydrogen) atoms.